The number of carbonyl (C=O) groups excluding carboxylic acids is 1. The zero-order chi connectivity index (χ0) is 18.4. The van der Waals surface area contributed by atoms with E-state index in [4.69, 9.17) is 24.7 Å². The van der Waals surface area contributed by atoms with Gasteiger partial charge in [-0.15, -0.1) is 23.7 Å². The molecule has 1 aromatic heterocycles. The second-order valence-corrected chi connectivity index (χ2v) is 5.69. The molecule has 26 heavy (non-hydrogen) atoms. The molecule has 1 aromatic carbocycles. The minimum Gasteiger partial charge on any atom is -0.496 e. The van der Waals surface area contributed by atoms with E-state index in [0.717, 1.165) is 0 Å². The summed E-state index contributed by atoms with van der Waals surface area (Å²) >= 11 is 1.24. The Hall–Kier alpha value is -2.45. The molecule has 2 N–H and O–H groups in total. The minimum atomic E-state index is -0.496. The van der Waals surface area contributed by atoms with Gasteiger partial charge < -0.3 is 24.7 Å². The summed E-state index contributed by atoms with van der Waals surface area (Å²) in [6.07, 6.45) is 1.63. The Morgan fingerprint density at radius 3 is 2.27 bits per heavy atom. The fourth-order valence-corrected chi connectivity index (χ4v) is 2.74. The van der Waals surface area contributed by atoms with Crippen LogP contribution < -0.4 is 19.9 Å². The molecule has 0 amide bonds. The summed E-state index contributed by atoms with van der Waals surface area (Å²) < 4.78 is 21.1. The molecule has 0 unspecified atom stereocenters. The molecule has 0 aliphatic rings. The molecule has 9 heteroatoms. The fraction of sp³-hybridized carbons (Fsp3) is 0.294. The quantitative estimate of drug-likeness (QED) is 0.563. The number of anilines is 1. The highest BCUT2D eigenvalue weighted by molar-refractivity contribution is 7.13. The van der Waals surface area contributed by atoms with E-state index < -0.39 is 5.97 Å². The second kappa shape index (κ2) is 9.88. The summed E-state index contributed by atoms with van der Waals surface area (Å²) in [6, 6.07) is 3.40. The third-order valence-corrected chi connectivity index (χ3v) is 4.00. The number of nitrogens with zero attached hydrogens (tertiary/aromatic N) is 1. The molecule has 2 rings (SSSR count). The maximum Gasteiger partial charge on any atom is 0.340 e. The number of ether oxygens (including phenoxy) is 4. The first-order valence-corrected chi connectivity index (χ1v) is 8.32. The first-order valence-electron chi connectivity index (χ1n) is 7.44. The summed E-state index contributed by atoms with van der Waals surface area (Å²) in [6.45, 7) is 1.99. The predicted molar refractivity (Wildman–Crippen MR) is 104 cm³/mol. The van der Waals surface area contributed by atoms with Crippen LogP contribution in [0.15, 0.2) is 17.5 Å². The van der Waals surface area contributed by atoms with E-state index in [9.17, 15) is 4.79 Å². The van der Waals surface area contributed by atoms with Crippen LogP contribution in [0.4, 0.5) is 5.13 Å². The van der Waals surface area contributed by atoms with Crippen molar-refractivity contribution in [3.05, 3.63) is 28.8 Å². The molecule has 2 aromatic rings. The van der Waals surface area contributed by atoms with E-state index in [0.29, 0.717) is 33.6 Å². The van der Waals surface area contributed by atoms with Gasteiger partial charge in [-0.2, -0.15) is 0 Å². The largest absolute Gasteiger partial charge is 0.496 e. The summed E-state index contributed by atoms with van der Waals surface area (Å²) in [7, 11) is 4.60. The Kier molecular flexibility index (Phi) is 8.21. The van der Waals surface area contributed by atoms with Gasteiger partial charge in [0.25, 0.3) is 0 Å². The van der Waals surface area contributed by atoms with Crippen molar-refractivity contribution in [2.75, 3.05) is 33.7 Å². The van der Waals surface area contributed by atoms with E-state index in [1.165, 1.54) is 32.7 Å². The monoisotopic (exact) mass is 400 g/mol. The number of nitrogens with two attached hydrogens (primary N) is 1. The van der Waals surface area contributed by atoms with Gasteiger partial charge in [0, 0.05) is 17.0 Å². The molecular formula is C17H21ClN2O5S. The van der Waals surface area contributed by atoms with Gasteiger partial charge >= 0.3 is 5.97 Å². The van der Waals surface area contributed by atoms with Gasteiger partial charge in [0.15, 0.2) is 16.6 Å². The third-order valence-electron chi connectivity index (χ3n) is 3.33. The first kappa shape index (κ1) is 21.6. The van der Waals surface area contributed by atoms with Crippen LogP contribution in [-0.2, 0) is 9.53 Å². The van der Waals surface area contributed by atoms with E-state index >= 15 is 0 Å². The Balaban J connectivity index is 0.00000338. The number of benzene rings is 1. The number of rotatable bonds is 7. The molecular weight excluding hydrogens is 380 g/mol. The first-order chi connectivity index (χ1) is 12.0. The van der Waals surface area contributed by atoms with Crippen molar-refractivity contribution in [2.24, 2.45) is 0 Å². The maximum atomic E-state index is 12.4. The van der Waals surface area contributed by atoms with E-state index in [1.807, 2.05) is 0 Å². The molecule has 0 aliphatic heterocycles. The highest BCUT2D eigenvalue weighted by atomic mass is 35.5. The molecule has 0 atom stereocenters. The van der Waals surface area contributed by atoms with Crippen molar-refractivity contribution < 1.29 is 23.7 Å². The highest BCUT2D eigenvalue weighted by Gasteiger charge is 2.19. The van der Waals surface area contributed by atoms with Gasteiger partial charge in [-0.3, -0.25) is 0 Å². The van der Waals surface area contributed by atoms with Crippen LogP contribution in [0.25, 0.3) is 11.6 Å². The Labute approximate surface area is 162 Å². The van der Waals surface area contributed by atoms with Crippen LogP contribution >= 0.6 is 23.7 Å². The predicted octanol–water partition coefficient (Wildman–Crippen LogP) is 3.28. The molecule has 7 nitrogen and oxygen atoms in total. The Morgan fingerprint density at radius 2 is 1.77 bits per heavy atom. The number of thiazole rings is 1. The van der Waals surface area contributed by atoms with Gasteiger partial charge in [-0.25, -0.2) is 9.78 Å². The number of hydrogen-bond acceptors (Lipinski definition) is 8. The molecule has 1 heterocycles. The summed E-state index contributed by atoms with van der Waals surface area (Å²) in [5, 5.41) is 2.06. The van der Waals surface area contributed by atoms with Gasteiger partial charge in [0.05, 0.1) is 39.2 Å². The zero-order valence-corrected chi connectivity index (χ0v) is 16.5. The Morgan fingerprint density at radius 1 is 1.15 bits per heavy atom. The summed E-state index contributed by atoms with van der Waals surface area (Å²) in [4.78, 5) is 16.5. The lowest BCUT2D eigenvalue weighted by Crippen LogP contribution is -2.07. The average Bonchev–Trinajstić information content (AvgIpc) is 3.04. The Bertz CT molecular complexity index is 791. The lowest BCUT2D eigenvalue weighted by molar-refractivity contribution is -0.136. The molecule has 0 saturated heterocycles. The average molecular weight is 401 g/mol. The van der Waals surface area contributed by atoms with Crippen molar-refractivity contribution in [2.45, 2.75) is 6.92 Å². The number of aromatic nitrogens is 1. The standard InChI is InChI=1S/C17H20N2O5S.ClH/c1-5-24-16(20)11(12-9-25-17(18)19-12)6-10-7-14(22-3)15(23-4)8-13(10)21-2;/h6-9H,5H2,1-4H3,(H2,18,19);1H/b11-6-;. The summed E-state index contributed by atoms with van der Waals surface area (Å²) in [5.74, 6) is 1.05. The van der Waals surface area contributed by atoms with Crippen molar-refractivity contribution in [3.8, 4) is 17.2 Å². The number of carbonyl (C=O) groups is 1. The van der Waals surface area contributed by atoms with E-state index in [1.54, 1.807) is 30.5 Å². The van der Waals surface area contributed by atoms with Gasteiger partial charge in [-0.05, 0) is 19.1 Å². The number of hydrogen-bond donors (Lipinski definition) is 1. The van der Waals surface area contributed by atoms with Crippen LogP contribution in [-0.4, -0.2) is 38.9 Å². The van der Waals surface area contributed by atoms with Crippen molar-refractivity contribution in [3.63, 3.8) is 0 Å². The van der Waals surface area contributed by atoms with Gasteiger partial charge in [0.1, 0.15) is 5.75 Å². The molecule has 0 fully saturated rings. The van der Waals surface area contributed by atoms with E-state index in [-0.39, 0.29) is 24.6 Å². The lowest BCUT2D eigenvalue weighted by Gasteiger charge is -2.13. The van der Waals surface area contributed by atoms with Crippen LogP contribution in [0, 0.1) is 0 Å². The summed E-state index contributed by atoms with van der Waals surface area (Å²) in [5.41, 5.74) is 7.03. The van der Waals surface area contributed by atoms with Crippen molar-refractivity contribution in [1.29, 1.82) is 0 Å². The van der Waals surface area contributed by atoms with Crippen molar-refractivity contribution in [1.82, 2.24) is 4.98 Å². The van der Waals surface area contributed by atoms with Crippen LogP contribution in [0.2, 0.25) is 0 Å². The second-order valence-electron chi connectivity index (χ2n) is 4.80. The van der Waals surface area contributed by atoms with Gasteiger partial charge in [-0.1, -0.05) is 0 Å². The fourth-order valence-electron chi connectivity index (χ4n) is 2.18. The maximum absolute atomic E-state index is 12.4. The SMILES string of the molecule is CCOC(=O)/C(=C\c1cc(OC)c(OC)cc1OC)c1csc(N)n1.Cl. The number of esters is 1. The highest BCUT2D eigenvalue weighted by Crippen LogP contribution is 2.36. The topological polar surface area (TPSA) is 92.9 Å². The molecule has 142 valence electrons. The van der Waals surface area contributed by atoms with Crippen molar-refractivity contribution >= 4 is 46.5 Å². The zero-order valence-electron chi connectivity index (χ0n) is 14.9. The molecule has 0 bridgehead atoms. The minimum absolute atomic E-state index is 0. The molecule has 0 aliphatic carbocycles. The van der Waals surface area contributed by atoms with Crippen LogP contribution in [0.1, 0.15) is 18.2 Å². The normalized spacial score (nSPS) is 10.7. The van der Waals surface area contributed by atoms with Crippen LogP contribution in [0.3, 0.4) is 0 Å². The van der Waals surface area contributed by atoms with Crippen LogP contribution in [0.5, 0.6) is 17.2 Å². The number of halogens is 1. The number of methoxy groups -OCH3 is 3. The third kappa shape index (κ3) is 4.80. The molecule has 0 radical (unpaired) electrons. The lowest BCUT2D eigenvalue weighted by atomic mass is 10.1. The van der Waals surface area contributed by atoms with Gasteiger partial charge in [0.2, 0.25) is 0 Å². The number of nitrogen functional groups attached to an aromatic ring is 1. The molecule has 0 saturated carbocycles. The van der Waals surface area contributed by atoms with E-state index in [2.05, 4.69) is 4.98 Å². The molecule has 0 spiro atoms. The smallest absolute Gasteiger partial charge is 0.340 e.